The summed E-state index contributed by atoms with van der Waals surface area (Å²) in [5, 5.41) is 10.6. The van der Waals surface area contributed by atoms with Crippen LogP contribution in [0.5, 0.6) is 5.75 Å². The van der Waals surface area contributed by atoms with Crippen LogP contribution < -0.4 is 4.90 Å². The monoisotopic (exact) mass is 352 g/mol. The molecule has 3 heterocycles. The van der Waals surface area contributed by atoms with E-state index in [4.69, 9.17) is 0 Å². The number of nitrogens with zero attached hydrogens (tertiary/aromatic N) is 2. The Kier molecular flexibility index (Phi) is 3.21. The van der Waals surface area contributed by atoms with Gasteiger partial charge in [-0.05, 0) is 43.9 Å². The van der Waals surface area contributed by atoms with Crippen molar-refractivity contribution >= 4 is 17.9 Å². The van der Waals surface area contributed by atoms with Gasteiger partial charge in [0.1, 0.15) is 12.0 Å². The zero-order valence-electron chi connectivity index (χ0n) is 15.2. The van der Waals surface area contributed by atoms with Gasteiger partial charge in [0, 0.05) is 30.8 Å². The van der Waals surface area contributed by atoms with E-state index in [9.17, 15) is 14.7 Å². The first-order valence-corrected chi connectivity index (χ1v) is 9.51. The van der Waals surface area contributed by atoms with E-state index < -0.39 is 0 Å². The highest BCUT2D eigenvalue weighted by molar-refractivity contribution is 5.98. The van der Waals surface area contributed by atoms with Crippen LogP contribution in [0.15, 0.2) is 29.8 Å². The van der Waals surface area contributed by atoms with Crippen molar-refractivity contribution in [2.45, 2.75) is 44.2 Å². The number of benzene rings is 1. The molecular formula is C21H24N2O3. The van der Waals surface area contributed by atoms with Crippen molar-refractivity contribution in [3.63, 3.8) is 0 Å². The molecule has 3 aliphatic heterocycles. The number of carbonyl (C=O) groups excluding carboxylic acids is 2. The van der Waals surface area contributed by atoms with Crippen LogP contribution >= 0.6 is 0 Å². The minimum Gasteiger partial charge on any atom is -0.506 e. The predicted octanol–water partition coefficient (Wildman–Crippen LogP) is 2.23. The Morgan fingerprint density at radius 3 is 2.88 bits per heavy atom. The molecule has 5 nitrogen and oxygen atoms in total. The molecule has 5 heteroatoms. The van der Waals surface area contributed by atoms with E-state index in [-0.39, 0.29) is 34.9 Å². The molecule has 136 valence electrons. The van der Waals surface area contributed by atoms with Crippen LogP contribution in [-0.2, 0) is 15.0 Å². The van der Waals surface area contributed by atoms with Crippen molar-refractivity contribution < 1.29 is 14.7 Å². The van der Waals surface area contributed by atoms with Crippen molar-refractivity contribution in [3.8, 4) is 5.75 Å². The summed E-state index contributed by atoms with van der Waals surface area (Å²) < 4.78 is 0. The van der Waals surface area contributed by atoms with Crippen LogP contribution in [0.3, 0.4) is 0 Å². The van der Waals surface area contributed by atoms with Crippen LogP contribution in [-0.4, -0.2) is 47.4 Å². The van der Waals surface area contributed by atoms with Gasteiger partial charge in [0.15, 0.2) is 0 Å². The van der Waals surface area contributed by atoms with Crippen LogP contribution in [0, 0.1) is 11.8 Å². The van der Waals surface area contributed by atoms with E-state index in [1.807, 2.05) is 13.0 Å². The van der Waals surface area contributed by atoms with Crippen LogP contribution in [0.1, 0.15) is 32.3 Å². The van der Waals surface area contributed by atoms with Gasteiger partial charge in [-0.15, -0.1) is 0 Å². The Balaban J connectivity index is 1.81. The van der Waals surface area contributed by atoms with Gasteiger partial charge in [0.2, 0.25) is 5.91 Å². The maximum absolute atomic E-state index is 12.7. The highest BCUT2D eigenvalue weighted by Gasteiger charge is 2.68. The minimum atomic E-state index is -0.249. The molecule has 1 amide bonds. The third-order valence-electron chi connectivity index (χ3n) is 7.45. The molecular weight excluding hydrogens is 328 g/mol. The average molecular weight is 352 g/mol. The van der Waals surface area contributed by atoms with Gasteiger partial charge >= 0.3 is 0 Å². The first-order valence-electron chi connectivity index (χ1n) is 9.51. The Bertz CT molecular complexity index is 848. The third-order valence-corrected chi connectivity index (χ3v) is 7.45. The van der Waals surface area contributed by atoms with E-state index in [1.54, 1.807) is 17.9 Å². The molecule has 1 aromatic rings. The first kappa shape index (κ1) is 16.1. The smallest absolute Gasteiger partial charge is 0.224 e. The fourth-order valence-corrected chi connectivity index (χ4v) is 6.59. The maximum atomic E-state index is 12.7. The van der Waals surface area contributed by atoms with Crippen molar-refractivity contribution in [1.29, 1.82) is 0 Å². The number of hydrogen-bond donors (Lipinski definition) is 1. The zero-order chi connectivity index (χ0) is 18.2. The normalized spacial score (nSPS) is 39.0. The lowest BCUT2D eigenvalue weighted by molar-refractivity contribution is -0.120. The number of amides is 1. The summed E-state index contributed by atoms with van der Waals surface area (Å²) in [5.41, 5.74) is 2.76. The molecule has 26 heavy (non-hydrogen) atoms. The van der Waals surface area contributed by atoms with E-state index >= 15 is 0 Å². The Hall–Kier alpha value is -2.14. The summed E-state index contributed by atoms with van der Waals surface area (Å²) in [6.07, 6.45) is 5.11. The fraction of sp³-hybridized carbons (Fsp3) is 0.524. The fourth-order valence-electron chi connectivity index (χ4n) is 6.59. The average Bonchev–Trinajstić information content (AvgIpc) is 3.17. The number of phenols is 1. The molecule has 1 N–H and O–H groups in total. The largest absolute Gasteiger partial charge is 0.506 e. The number of para-hydroxylation sites is 1. The molecule has 0 radical (unpaired) electrons. The molecule has 2 saturated heterocycles. The summed E-state index contributed by atoms with van der Waals surface area (Å²) in [4.78, 5) is 29.3. The first-order chi connectivity index (χ1) is 12.5. The number of fused-ring (bicyclic) bond motifs is 2. The molecule has 5 rings (SSSR count). The quantitative estimate of drug-likeness (QED) is 0.622. The number of hydrogen-bond acceptors (Lipinski definition) is 4. The maximum Gasteiger partial charge on any atom is 0.224 e. The number of aromatic hydroxyl groups is 1. The lowest BCUT2D eigenvalue weighted by atomic mass is 9.55. The Morgan fingerprint density at radius 1 is 1.38 bits per heavy atom. The number of piperidine rings is 1. The van der Waals surface area contributed by atoms with E-state index in [0.717, 1.165) is 37.8 Å². The lowest BCUT2D eigenvalue weighted by Gasteiger charge is -2.54. The molecule has 4 aliphatic rings. The molecule has 5 unspecified atom stereocenters. The molecule has 0 aromatic heterocycles. The molecule has 1 aromatic carbocycles. The van der Waals surface area contributed by atoms with E-state index in [2.05, 4.69) is 17.0 Å². The van der Waals surface area contributed by atoms with Crippen molar-refractivity contribution in [2.75, 3.05) is 18.0 Å². The van der Waals surface area contributed by atoms with Crippen molar-refractivity contribution in [3.05, 3.63) is 35.4 Å². The zero-order valence-corrected chi connectivity index (χ0v) is 15.2. The van der Waals surface area contributed by atoms with Crippen molar-refractivity contribution in [2.24, 2.45) is 11.8 Å². The SMILES string of the molecule is CC=C1CN2CCC34c5cccc(O)c5N(C(C)=O)C3C(C=O)C1CC24. The number of phenolic OH excluding ortho intramolecular Hbond substituents is 1. The Morgan fingerprint density at radius 2 is 2.19 bits per heavy atom. The van der Waals surface area contributed by atoms with Crippen molar-refractivity contribution in [1.82, 2.24) is 4.90 Å². The van der Waals surface area contributed by atoms with Gasteiger partial charge in [-0.25, -0.2) is 0 Å². The van der Waals surface area contributed by atoms with Crippen LogP contribution in [0.4, 0.5) is 5.69 Å². The second-order valence-corrected chi connectivity index (χ2v) is 8.20. The minimum absolute atomic E-state index is 0.0954. The summed E-state index contributed by atoms with van der Waals surface area (Å²) in [6, 6.07) is 5.69. The molecule has 1 aliphatic carbocycles. The topological polar surface area (TPSA) is 60.9 Å². The van der Waals surface area contributed by atoms with E-state index in [0.29, 0.717) is 11.7 Å². The molecule has 1 saturated carbocycles. The predicted molar refractivity (Wildman–Crippen MR) is 98.1 cm³/mol. The number of rotatable bonds is 1. The van der Waals surface area contributed by atoms with Gasteiger partial charge < -0.3 is 14.8 Å². The summed E-state index contributed by atoms with van der Waals surface area (Å²) in [6.45, 7) is 5.48. The third kappa shape index (κ3) is 1.65. The van der Waals surface area contributed by atoms with Crippen LogP contribution in [0.2, 0.25) is 0 Å². The van der Waals surface area contributed by atoms with Gasteiger partial charge in [-0.3, -0.25) is 9.69 Å². The molecule has 1 spiro atoms. The standard InChI is InChI=1S/C21H24N2O3/c1-3-13-10-22-8-7-21-16-5-4-6-17(26)19(16)23(12(2)25)20(21)15(11-24)14(13)9-18(21)22/h3-6,11,14-15,18,20,26H,7-10H2,1-2H3. The van der Waals surface area contributed by atoms with Gasteiger partial charge in [0.25, 0.3) is 0 Å². The number of carbonyl (C=O) groups is 2. The van der Waals surface area contributed by atoms with Gasteiger partial charge in [-0.1, -0.05) is 23.8 Å². The Labute approximate surface area is 153 Å². The van der Waals surface area contributed by atoms with Gasteiger partial charge in [0.05, 0.1) is 11.7 Å². The second-order valence-electron chi connectivity index (χ2n) is 8.20. The summed E-state index contributed by atoms with van der Waals surface area (Å²) in [5.74, 6) is 0.00832. The number of allylic oxidation sites excluding steroid dienone is 1. The molecule has 2 bridgehead atoms. The molecule has 5 atom stereocenters. The van der Waals surface area contributed by atoms with Crippen LogP contribution in [0.25, 0.3) is 0 Å². The highest BCUT2D eigenvalue weighted by atomic mass is 16.3. The second kappa shape index (κ2) is 5.19. The van der Waals surface area contributed by atoms with Gasteiger partial charge in [-0.2, -0.15) is 0 Å². The summed E-state index contributed by atoms with van der Waals surface area (Å²) in [7, 11) is 0. The number of anilines is 1. The lowest BCUT2D eigenvalue weighted by Crippen LogP contribution is -2.65. The van der Waals surface area contributed by atoms with E-state index in [1.165, 1.54) is 5.57 Å². The molecule has 3 fully saturated rings. The number of aldehydes is 1. The highest BCUT2D eigenvalue weighted by Crippen LogP contribution is 2.64. The summed E-state index contributed by atoms with van der Waals surface area (Å²) >= 11 is 0.